The van der Waals surface area contributed by atoms with Gasteiger partial charge in [-0.25, -0.2) is 0 Å². The van der Waals surface area contributed by atoms with Crippen LogP contribution < -0.4 is 9.47 Å². The summed E-state index contributed by atoms with van der Waals surface area (Å²) in [5, 5.41) is 11.2. The van der Waals surface area contributed by atoms with E-state index in [9.17, 15) is 5.11 Å². The molecular weight excluding hydrogens is 218 g/mol. The Balaban J connectivity index is 2.22. The van der Waals surface area contributed by atoms with Crippen molar-refractivity contribution in [2.75, 3.05) is 13.2 Å². The summed E-state index contributed by atoms with van der Waals surface area (Å²) in [6, 6.07) is 5.74. The molecule has 1 aliphatic rings. The van der Waals surface area contributed by atoms with E-state index in [0.717, 1.165) is 28.7 Å². The zero-order valence-electron chi connectivity index (χ0n) is 9.35. The summed E-state index contributed by atoms with van der Waals surface area (Å²) in [4.78, 5) is 4.15. The molecule has 0 bridgehead atoms. The van der Waals surface area contributed by atoms with Crippen molar-refractivity contribution < 1.29 is 14.6 Å². The molecule has 88 valence electrons. The van der Waals surface area contributed by atoms with Crippen molar-refractivity contribution in [3.8, 4) is 11.5 Å². The van der Waals surface area contributed by atoms with Crippen LogP contribution in [0, 0.1) is 0 Å². The number of aromatic nitrogens is 1. The first-order valence-corrected chi connectivity index (χ1v) is 5.66. The van der Waals surface area contributed by atoms with Crippen LogP contribution in [0.4, 0.5) is 0 Å². The maximum atomic E-state index is 9.26. The molecular formula is C13H13NO3. The molecule has 0 saturated carbocycles. The second-order valence-corrected chi connectivity index (χ2v) is 3.99. The highest BCUT2D eigenvalue weighted by atomic mass is 16.5. The number of nitrogens with zero attached hydrogens (tertiary/aromatic N) is 1. The number of rotatable bonds is 1. The standard InChI is InChI=1S/C13H13NO3/c15-8-11-10-7-13-12(16-4-1-5-17-13)6-9(10)2-3-14-11/h2-3,6-7,15H,1,4-5,8H2. The van der Waals surface area contributed by atoms with E-state index >= 15 is 0 Å². The number of pyridine rings is 1. The molecule has 0 atom stereocenters. The minimum absolute atomic E-state index is 0.0724. The SMILES string of the molecule is OCc1nccc2cc3c(cc12)OCCCO3. The first-order valence-electron chi connectivity index (χ1n) is 5.66. The Morgan fingerprint density at radius 1 is 1.18 bits per heavy atom. The first kappa shape index (κ1) is 10.4. The van der Waals surface area contributed by atoms with Crippen LogP contribution in [0.1, 0.15) is 12.1 Å². The van der Waals surface area contributed by atoms with Gasteiger partial charge in [0.1, 0.15) is 0 Å². The van der Waals surface area contributed by atoms with Gasteiger partial charge in [-0.05, 0) is 23.6 Å². The van der Waals surface area contributed by atoms with Gasteiger partial charge in [-0.1, -0.05) is 0 Å². The molecule has 3 rings (SSSR count). The number of ether oxygens (including phenoxy) is 2. The molecule has 1 aliphatic heterocycles. The van der Waals surface area contributed by atoms with Crippen LogP contribution in [0.3, 0.4) is 0 Å². The molecule has 2 heterocycles. The molecule has 0 amide bonds. The molecule has 0 radical (unpaired) electrons. The maximum absolute atomic E-state index is 9.26. The van der Waals surface area contributed by atoms with Crippen molar-refractivity contribution in [2.24, 2.45) is 0 Å². The van der Waals surface area contributed by atoms with E-state index in [-0.39, 0.29) is 6.61 Å². The Hall–Kier alpha value is -1.81. The molecule has 0 unspecified atom stereocenters. The van der Waals surface area contributed by atoms with Crippen molar-refractivity contribution in [1.29, 1.82) is 0 Å². The number of benzene rings is 1. The number of aliphatic hydroxyl groups is 1. The Kier molecular flexibility index (Phi) is 2.57. The number of hydrogen-bond acceptors (Lipinski definition) is 4. The Bertz CT molecular complexity index is 554. The molecule has 4 heteroatoms. The molecule has 0 fully saturated rings. The van der Waals surface area contributed by atoms with E-state index in [2.05, 4.69) is 4.98 Å². The third-order valence-electron chi connectivity index (χ3n) is 2.86. The monoisotopic (exact) mass is 231 g/mol. The fraction of sp³-hybridized carbons (Fsp3) is 0.308. The topological polar surface area (TPSA) is 51.6 Å². The molecule has 4 nitrogen and oxygen atoms in total. The number of aliphatic hydroxyl groups excluding tert-OH is 1. The lowest BCUT2D eigenvalue weighted by Gasteiger charge is -2.10. The molecule has 1 N–H and O–H groups in total. The summed E-state index contributed by atoms with van der Waals surface area (Å²) >= 11 is 0. The Morgan fingerprint density at radius 2 is 1.94 bits per heavy atom. The van der Waals surface area contributed by atoms with Crippen LogP contribution in [-0.2, 0) is 6.61 Å². The highest BCUT2D eigenvalue weighted by Gasteiger charge is 2.13. The Labute approximate surface area is 98.8 Å². The molecule has 1 aromatic carbocycles. The van der Waals surface area contributed by atoms with Gasteiger partial charge in [-0.3, -0.25) is 4.98 Å². The smallest absolute Gasteiger partial charge is 0.161 e. The van der Waals surface area contributed by atoms with E-state index in [1.54, 1.807) is 6.20 Å². The average Bonchev–Trinajstić information content (AvgIpc) is 2.60. The number of hydrogen-bond donors (Lipinski definition) is 1. The van der Waals surface area contributed by atoms with E-state index < -0.39 is 0 Å². The van der Waals surface area contributed by atoms with Gasteiger partial charge in [-0.2, -0.15) is 0 Å². The van der Waals surface area contributed by atoms with Gasteiger partial charge in [0, 0.05) is 18.0 Å². The average molecular weight is 231 g/mol. The van der Waals surface area contributed by atoms with Gasteiger partial charge < -0.3 is 14.6 Å². The van der Waals surface area contributed by atoms with Crippen LogP contribution in [0.25, 0.3) is 10.8 Å². The van der Waals surface area contributed by atoms with Crippen LogP contribution in [0.5, 0.6) is 11.5 Å². The summed E-state index contributed by atoms with van der Waals surface area (Å²) in [6.45, 7) is 1.26. The fourth-order valence-electron chi connectivity index (χ4n) is 2.02. The summed E-state index contributed by atoms with van der Waals surface area (Å²) < 4.78 is 11.2. The molecule has 0 saturated heterocycles. The fourth-order valence-corrected chi connectivity index (χ4v) is 2.02. The first-order chi connectivity index (χ1) is 8.38. The van der Waals surface area contributed by atoms with Crippen molar-refractivity contribution in [3.63, 3.8) is 0 Å². The minimum Gasteiger partial charge on any atom is -0.490 e. The van der Waals surface area contributed by atoms with Gasteiger partial charge in [0.2, 0.25) is 0 Å². The van der Waals surface area contributed by atoms with Crippen molar-refractivity contribution >= 4 is 10.8 Å². The summed E-state index contributed by atoms with van der Waals surface area (Å²) in [7, 11) is 0. The summed E-state index contributed by atoms with van der Waals surface area (Å²) in [6.07, 6.45) is 2.58. The summed E-state index contributed by atoms with van der Waals surface area (Å²) in [5.41, 5.74) is 0.665. The Morgan fingerprint density at radius 3 is 2.71 bits per heavy atom. The third kappa shape index (κ3) is 1.80. The van der Waals surface area contributed by atoms with Gasteiger partial charge in [0.05, 0.1) is 25.5 Å². The lowest BCUT2D eigenvalue weighted by molar-refractivity contribution is 0.278. The van der Waals surface area contributed by atoms with E-state index in [1.165, 1.54) is 0 Å². The van der Waals surface area contributed by atoms with Crippen molar-refractivity contribution in [2.45, 2.75) is 13.0 Å². The van der Waals surface area contributed by atoms with Crippen molar-refractivity contribution in [1.82, 2.24) is 4.98 Å². The van der Waals surface area contributed by atoms with Crippen LogP contribution >= 0.6 is 0 Å². The van der Waals surface area contributed by atoms with Gasteiger partial charge in [0.15, 0.2) is 11.5 Å². The predicted molar refractivity (Wildman–Crippen MR) is 63.3 cm³/mol. The highest BCUT2D eigenvalue weighted by molar-refractivity contribution is 5.87. The molecule has 0 aliphatic carbocycles. The number of fused-ring (bicyclic) bond motifs is 2. The molecule has 0 spiro atoms. The van der Waals surface area contributed by atoms with E-state index in [1.807, 2.05) is 18.2 Å². The zero-order valence-corrected chi connectivity index (χ0v) is 9.35. The maximum Gasteiger partial charge on any atom is 0.161 e. The molecule has 1 aromatic heterocycles. The quantitative estimate of drug-likeness (QED) is 0.814. The lowest BCUT2D eigenvalue weighted by Crippen LogP contribution is -1.97. The van der Waals surface area contributed by atoms with E-state index in [0.29, 0.717) is 18.9 Å². The largest absolute Gasteiger partial charge is 0.490 e. The van der Waals surface area contributed by atoms with E-state index in [4.69, 9.17) is 9.47 Å². The normalized spacial score (nSPS) is 14.6. The predicted octanol–water partition coefficient (Wildman–Crippen LogP) is 1.89. The van der Waals surface area contributed by atoms with Crippen molar-refractivity contribution in [3.05, 3.63) is 30.1 Å². The minimum atomic E-state index is -0.0724. The highest BCUT2D eigenvalue weighted by Crippen LogP contribution is 2.34. The third-order valence-corrected chi connectivity index (χ3v) is 2.86. The molecule has 2 aromatic rings. The zero-order chi connectivity index (χ0) is 11.7. The lowest BCUT2D eigenvalue weighted by atomic mass is 10.1. The van der Waals surface area contributed by atoms with Crippen LogP contribution in [-0.4, -0.2) is 23.3 Å². The van der Waals surface area contributed by atoms with Crippen LogP contribution in [0.2, 0.25) is 0 Å². The van der Waals surface area contributed by atoms with Gasteiger partial charge in [-0.15, -0.1) is 0 Å². The second kappa shape index (κ2) is 4.22. The van der Waals surface area contributed by atoms with Crippen LogP contribution in [0.15, 0.2) is 24.4 Å². The summed E-state index contributed by atoms with van der Waals surface area (Å²) in [5.74, 6) is 1.50. The van der Waals surface area contributed by atoms with Gasteiger partial charge in [0.25, 0.3) is 0 Å². The molecule has 17 heavy (non-hydrogen) atoms. The van der Waals surface area contributed by atoms with Gasteiger partial charge >= 0.3 is 0 Å². The second-order valence-electron chi connectivity index (χ2n) is 3.99.